The molecule has 6 N–H and O–H groups in total. The van der Waals surface area contributed by atoms with E-state index in [1.165, 1.54) is 60.0 Å². The van der Waals surface area contributed by atoms with Crippen LogP contribution in [0.1, 0.15) is 144 Å². The molecule has 4 aromatic carbocycles. The number of H-pyrrole nitrogens is 2. The summed E-state index contributed by atoms with van der Waals surface area (Å²) in [6.07, 6.45) is 19.4. The first-order chi connectivity index (χ1) is 47.2. The Morgan fingerprint density at radius 1 is 0.649 bits per heavy atom. The van der Waals surface area contributed by atoms with Gasteiger partial charge in [-0.25, -0.2) is 9.97 Å². The van der Waals surface area contributed by atoms with E-state index in [9.17, 15) is 24.3 Å². The van der Waals surface area contributed by atoms with Crippen molar-refractivity contribution in [1.29, 1.82) is 0 Å². The molecule has 0 spiro atoms. The van der Waals surface area contributed by atoms with Crippen LogP contribution in [0.4, 0.5) is 22.7 Å². The summed E-state index contributed by atoms with van der Waals surface area (Å²) in [5.41, 5.74) is 17.9. The van der Waals surface area contributed by atoms with Crippen molar-refractivity contribution in [3.05, 3.63) is 119 Å². The predicted molar refractivity (Wildman–Crippen MR) is 377 cm³/mol. The second-order valence-electron chi connectivity index (χ2n) is 27.5. The monoisotopic (exact) mass is 1330 g/mol. The van der Waals surface area contributed by atoms with Gasteiger partial charge in [-0.3, -0.25) is 29.2 Å². The molecule has 6 aromatic rings. The molecule has 24 heteroatoms. The fraction of sp³-hybridized carbons (Fsp3) is 0.452. The molecule has 7 atom stereocenters. The van der Waals surface area contributed by atoms with Crippen molar-refractivity contribution >= 4 is 85.0 Å². The number of benzene rings is 4. The van der Waals surface area contributed by atoms with Gasteiger partial charge in [0.05, 0.1) is 84.1 Å². The number of nitrogens with zero attached hydrogens (tertiary/aromatic N) is 8. The Kier molecular flexibility index (Phi) is 19.0. The fourth-order valence-electron chi connectivity index (χ4n) is 15.8. The fourth-order valence-corrected chi connectivity index (χ4v) is 15.8. The van der Waals surface area contributed by atoms with Crippen molar-refractivity contribution in [1.82, 2.24) is 45.7 Å². The summed E-state index contributed by atoms with van der Waals surface area (Å²) in [5, 5.41) is 19.1. The van der Waals surface area contributed by atoms with Gasteiger partial charge >= 0.3 is 26.7 Å². The number of amides is 3. The Morgan fingerprint density at radius 3 is 1.73 bits per heavy atom. The number of hydrogen-bond acceptors (Lipinski definition) is 17. The zero-order valence-electron chi connectivity index (χ0n) is 55.8. The zero-order valence-corrected chi connectivity index (χ0v) is 56.9. The number of aliphatic imine (C=N–C) groups is 2. The molecule has 97 heavy (non-hydrogen) atoms. The number of fused-ring (bicyclic) bond motifs is 4. The number of nitrogens with one attached hydrogen (secondary N) is 5. The van der Waals surface area contributed by atoms with Gasteiger partial charge in [-0.2, -0.15) is 0 Å². The maximum absolute atomic E-state index is 13.7. The standard InChI is InChI=1S/C44H53N7O7.C29H30N6O.BH2OP/c1-24(2)30(20-39(54)57-5)43(55)50-13-6-8-33(50)31-17-29(21-45-31)26-10-11-36-35(18-26)49-15-12-27-16-28(19-37(58-36)41(27)49)32-22-46-42(47-32)34-9-7-14-51(34)44(56)40(25(3)4)48-38(53)23-52;1-3-21(30-8-1)23-12-20(15-32-23)17-5-6-26-25(13-17)35-10-7-18-11-19(14-27(36-26)28(18)35)24-16-33-29(34-24)22-4-2-9-31-22;2-1-3/h10-11,16,18-19,21-22,24-25,30,33-34,40,52H,6-9,12-15,17,20,23H2,1-5H3,(H,46,47)(H,48,53);5-6,11,13-16,21-22,30-31H,1-4,7-10,12H2,(H,33,34);3H2/t30-,33-,34-,40-;21-,22-;/m00./s1. The molecule has 10 aliphatic heterocycles. The molecule has 0 saturated carbocycles. The minimum absolute atomic E-state index is 0.0000277. The van der Waals surface area contributed by atoms with Crippen LogP contribution >= 0.6 is 9.12 Å². The second kappa shape index (κ2) is 28.1. The molecule has 0 radical (unpaired) electrons. The van der Waals surface area contributed by atoms with Gasteiger partial charge in [-0.05, 0) is 171 Å². The molecular weight excluding hydrogens is 1240 g/mol. The number of aliphatic hydroxyl groups excluding tert-OH is 1. The van der Waals surface area contributed by atoms with Crippen molar-refractivity contribution in [3.63, 3.8) is 0 Å². The predicted octanol–water partition coefficient (Wildman–Crippen LogP) is 10.7. The number of allylic oxidation sites excluding steroid dienone is 2. The average Bonchev–Trinajstić information content (AvgIpc) is 1.68. The van der Waals surface area contributed by atoms with E-state index in [1.54, 1.807) is 4.90 Å². The first kappa shape index (κ1) is 65.7. The van der Waals surface area contributed by atoms with E-state index in [0.717, 1.165) is 163 Å². The summed E-state index contributed by atoms with van der Waals surface area (Å²) in [7, 11) is 3.26. The minimum atomic E-state index is -0.733. The van der Waals surface area contributed by atoms with Crippen LogP contribution in [-0.2, 0) is 41.5 Å². The molecule has 3 amide bonds. The normalized spacial score (nSPS) is 21.2. The van der Waals surface area contributed by atoms with Gasteiger partial charge in [0.15, 0.2) is 23.0 Å². The number of likely N-dealkylation sites (tertiary alicyclic amines) is 2. The summed E-state index contributed by atoms with van der Waals surface area (Å²) in [4.78, 5) is 86.2. The van der Waals surface area contributed by atoms with E-state index in [4.69, 9.17) is 33.9 Å². The Labute approximate surface area is 568 Å². The summed E-state index contributed by atoms with van der Waals surface area (Å²) < 4.78 is 26.8. The van der Waals surface area contributed by atoms with Crippen molar-refractivity contribution in [2.24, 2.45) is 27.7 Å². The molecule has 504 valence electrons. The number of anilines is 4. The van der Waals surface area contributed by atoms with E-state index >= 15 is 0 Å². The van der Waals surface area contributed by atoms with Crippen molar-refractivity contribution in [2.45, 2.75) is 141 Å². The number of ether oxygens (including phenoxy) is 3. The van der Waals surface area contributed by atoms with Crippen LogP contribution in [0.5, 0.6) is 23.0 Å². The van der Waals surface area contributed by atoms with Crippen LogP contribution in [0, 0.1) is 17.8 Å². The third-order valence-electron chi connectivity index (χ3n) is 20.8. The van der Waals surface area contributed by atoms with Gasteiger partial charge in [0.2, 0.25) is 17.7 Å². The zero-order chi connectivity index (χ0) is 67.2. The Hall–Kier alpha value is -8.63. The number of aromatic amines is 2. The molecule has 2 aromatic heterocycles. The first-order valence-electron chi connectivity index (χ1n) is 34.5. The third kappa shape index (κ3) is 13.0. The Balaban J connectivity index is 0.000000175. The first-order valence-corrected chi connectivity index (χ1v) is 35.2. The number of hydrogen-bond donors (Lipinski definition) is 6. The van der Waals surface area contributed by atoms with Crippen LogP contribution in [0.15, 0.2) is 95.4 Å². The Bertz CT molecular complexity index is 4200. The molecular formula is C73H85BN13O9P. The Morgan fingerprint density at radius 2 is 1.19 bits per heavy atom. The van der Waals surface area contributed by atoms with Gasteiger partial charge in [-0.1, -0.05) is 39.8 Å². The number of imidazole rings is 2. The molecule has 12 heterocycles. The van der Waals surface area contributed by atoms with Crippen LogP contribution in [0.3, 0.4) is 0 Å². The number of carbonyl (C=O) groups is 4. The van der Waals surface area contributed by atoms with E-state index in [1.807, 2.05) is 72.4 Å². The van der Waals surface area contributed by atoms with Crippen LogP contribution in [-0.4, -0.2) is 148 Å². The average molecular weight is 1330 g/mol. The van der Waals surface area contributed by atoms with E-state index < -0.39 is 24.5 Å². The van der Waals surface area contributed by atoms with Crippen molar-refractivity contribution in [2.75, 3.05) is 62.8 Å². The number of aliphatic hydroxyl groups is 1. The van der Waals surface area contributed by atoms with Gasteiger partial charge in [0.1, 0.15) is 24.3 Å². The van der Waals surface area contributed by atoms with Crippen molar-refractivity contribution < 1.29 is 43.2 Å². The van der Waals surface area contributed by atoms with Crippen molar-refractivity contribution in [3.8, 4) is 45.5 Å². The third-order valence-corrected chi connectivity index (χ3v) is 20.8. The van der Waals surface area contributed by atoms with E-state index in [0.29, 0.717) is 44.3 Å². The number of esters is 1. The number of methoxy groups -OCH3 is 1. The summed E-state index contributed by atoms with van der Waals surface area (Å²) in [6.45, 7) is 12.9. The van der Waals surface area contributed by atoms with Gasteiger partial charge in [0.25, 0.3) is 0 Å². The summed E-state index contributed by atoms with van der Waals surface area (Å²) >= 11 is 0. The van der Waals surface area contributed by atoms with Gasteiger partial charge in [0, 0.05) is 80.0 Å². The number of aromatic nitrogens is 4. The van der Waals surface area contributed by atoms with Gasteiger partial charge < -0.3 is 64.8 Å². The summed E-state index contributed by atoms with van der Waals surface area (Å²) in [6, 6.07) is 21.3. The number of carbonyl (C=O) groups excluding carboxylic acids is 4. The quantitative estimate of drug-likeness (QED) is 0.0299. The summed E-state index contributed by atoms with van der Waals surface area (Å²) in [5.74, 6) is 3.48. The second-order valence-corrected chi connectivity index (χ2v) is 27.8. The molecule has 16 rings (SSSR count). The molecule has 0 aliphatic carbocycles. The number of rotatable bonds is 16. The topological polar surface area (TPSA) is 264 Å². The molecule has 22 nitrogen and oxygen atoms in total. The molecule has 4 saturated heterocycles. The van der Waals surface area contributed by atoms with Crippen LogP contribution in [0.2, 0.25) is 0 Å². The SMILES string of the molecule is C1=C(c2ccc3c(c2)N2CCc4cc(-c5cnc([C@@H]6CCCN6)[nH]5)cc(c42)O3)CC([C@@H]2CCCN2)=N1.COC(=O)C[C@H](C(=O)N1CCC[C@H]1C1=NC=C(c2ccc3c(c2)N2CCc4cc(-c5cnc([C@@H]6CCCN6C(=O)[C@@H](NC(=O)CO)C(C)C)[nH]5)cc(c42)O3)C1)C(C)C.O=BP. The van der Waals surface area contributed by atoms with Crippen LogP contribution in [0.25, 0.3) is 33.7 Å². The van der Waals surface area contributed by atoms with Gasteiger partial charge in [-0.15, -0.1) is 0 Å². The van der Waals surface area contributed by atoms with E-state index in [-0.39, 0.29) is 48.1 Å². The molecule has 4 fully saturated rings. The maximum atomic E-state index is 13.7. The molecule has 10 aliphatic rings. The van der Waals surface area contributed by atoms with E-state index in [2.05, 4.69) is 95.4 Å². The molecule has 0 bridgehead atoms. The molecule has 1 unspecified atom stereocenters. The van der Waals surface area contributed by atoms with Crippen LogP contribution < -0.4 is 35.2 Å².